The van der Waals surface area contributed by atoms with Gasteiger partial charge in [-0.25, -0.2) is 4.90 Å². The summed E-state index contributed by atoms with van der Waals surface area (Å²) >= 11 is 2.19. The molecule has 1 aromatic carbocycles. The molecule has 2 heterocycles. The summed E-state index contributed by atoms with van der Waals surface area (Å²) in [5.74, 6) is -0.771. The van der Waals surface area contributed by atoms with Crippen LogP contribution >= 0.6 is 22.6 Å². The van der Waals surface area contributed by atoms with Gasteiger partial charge in [-0.1, -0.05) is 27.7 Å². The van der Waals surface area contributed by atoms with Gasteiger partial charge in [-0.05, 0) is 70.5 Å². The number of ether oxygens (including phenoxy) is 1. The molecule has 30 heavy (non-hydrogen) atoms. The Labute approximate surface area is 191 Å². The Bertz CT molecular complexity index is 860. The molecule has 3 amide bonds. The molecule has 2 atom stereocenters. The zero-order valence-corrected chi connectivity index (χ0v) is 20.1. The number of carbonyl (C=O) groups excluding carboxylic acids is 3. The largest absolute Gasteiger partial charge is 0.376 e. The number of carbonyl (C=O) groups is 3. The SMILES string of the molecule is CC1(C)C(C(=O)N(CC2CCCO2)C2CC(=O)N(c3ccc(I)cc3)C2=O)C1(C)C. The van der Waals surface area contributed by atoms with Crippen LogP contribution in [0.4, 0.5) is 5.69 Å². The minimum absolute atomic E-state index is 0.0247. The summed E-state index contributed by atoms with van der Waals surface area (Å²) < 4.78 is 6.81. The monoisotopic (exact) mass is 524 g/mol. The van der Waals surface area contributed by atoms with Crippen LogP contribution in [0.5, 0.6) is 0 Å². The highest BCUT2D eigenvalue weighted by atomic mass is 127. The number of amides is 3. The zero-order chi connectivity index (χ0) is 21.8. The average Bonchev–Trinajstić information content (AvgIpc) is 3.10. The van der Waals surface area contributed by atoms with Crippen LogP contribution in [-0.2, 0) is 19.1 Å². The predicted octanol–water partition coefficient (Wildman–Crippen LogP) is 3.61. The molecule has 1 aromatic rings. The minimum Gasteiger partial charge on any atom is -0.376 e. The Morgan fingerprint density at radius 3 is 2.33 bits per heavy atom. The molecule has 2 aliphatic heterocycles. The fraction of sp³-hybridized carbons (Fsp3) is 0.609. The normalized spacial score (nSPS) is 27.6. The summed E-state index contributed by atoms with van der Waals surface area (Å²) in [6.07, 6.45) is 1.78. The summed E-state index contributed by atoms with van der Waals surface area (Å²) in [6, 6.07) is 6.53. The van der Waals surface area contributed by atoms with E-state index in [0.29, 0.717) is 18.8 Å². The van der Waals surface area contributed by atoms with Crippen LogP contribution in [-0.4, -0.2) is 47.9 Å². The lowest BCUT2D eigenvalue weighted by Gasteiger charge is -2.30. The number of rotatable bonds is 5. The topological polar surface area (TPSA) is 66.9 Å². The quantitative estimate of drug-likeness (QED) is 0.436. The molecular formula is C23H29IN2O4. The smallest absolute Gasteiger partial charge is 0.257 e. The molecule has 2 unspecified atom stereocenters. The molecular weight excluding hydrogens is 495 g/mol. The first kappa shape index (κ1) is 21.7. The van der Waals surface area contributed by atoms with E-state index in [2.05, 4.69) is 50.3 Å². The van der Waals surface area contributed by atoms with E-state index in [0.717, 1.165) is 16.4 Å². The molecule has 7 heteroatoms. The molecule has 3 aliphatic rings. The van der Waals surface area contributed by atoms with Gasteiger partial charge >= 0.3 is 0 Å². The Hall–Kier alpha value is -1.48. The van der Waals surface area contributed by atoms with Gasteiger partial charge in [0.15, 0.2) is 0 Å². The molecule has 1 saturated carbocycles. The zero-order valence-electron chi connectivity index (χ0n) is 18.0. The van der Waals surface area contributed by atoms with Crippen LogP contribution in [0, 0.1) is 20.3 Å². The van der Waals surface area contributed by atoms with Crippen molar-refractivity contribution in [3.8, 4) is 0 Å². The predicted molar refractivity (Wildman–Crippen MR) is 122 cm³/mol. The van der Waals surface area contributed by atoms with Crippen molar-refractivity contribution >= 4 is 46.0 Å². The van der Waals surface area contributed by atoms with E-state index >= 15 is 0 Å². The first-order chi connectivity index (χ1) is 14.1. The van der Waals surface area contributed by atoms with Gasteiger partial charge in [-0.2, -0.15) is 0 Å². The third kappa shape index (κ3) is 3.47. The van der Waals surface area contributed by atoms with Gasteiger partial charge in [0.2, 0.25) is 11.8 Å². The number of nitrogens with zero attached hydrogens (tertiary/aromatic N) is 2. The molecule has 3 fully saturated rings. The van der Waals surface area contributed by atoms with E-state index in [1.54, 1.807) is 17.0 Å². The number of imide groups is 1. The van der Waals surface area contributed by atoms with Crippen LogP contribution in [0.2, 0.25) is 0 Å². The molecule has 1 aliphatic carbocycles. The number of halogens is 1. The number of benzene rings is 1. The number of anilines is 1. The molecule has 0 aromatic heterocycles. The molecule has 6 nitrogen and oxygen atoms in total. The Morgan fingerprint density at radius 1 is 1.17 bits per heavy atom. The highest BCUT2D eigenvalue weighted by Gasteiger charge is 2.69. The van der Waals surface area contributed by atoms with Gasteiger partial charge in [0.1, 0.15) is 6.04 Å². The lowest BCUT2D eigenvalue weighted by atomic mass is 10.0. The fourth-order valence-electron chi connectivity index (χ4n) is 5.08. The lowest BCUT2D eigenvalue weighted by molar-refractivity contribution is -0.142. The maximum atomic E-state index is 13.6. The maximum absolute atomic E-state index is 13.6. The second-order valence-corrected chi connectivity index (χ2v) is 11.0. The molecule has 0 bridgehead atoms. The van der Waals surface area contributed by atoms with Gasteiger partial charge in [-0.3, -0.25) is 14.4 Å². The third-order valence-electron chi connectivity index (χ3n) is 7.56. The van der Waals surface area contributed by atoms with Gasteiger partial charge in [0.25, 0.3) is 5.91 Å². The second-order valence-electron chi connectivity index (χ2n) is 9.77. The van der Waals surface area contributed by atoms with E-state index in [1.807, 2.05) is 12.1 Å². The Balaban J connectivity index is 1.62. The van der Waals surface area contributed by atoms with Crippen LogP contribution in [0.1, 0.15) is 47.0 Å². The highest BCUT2D eigenvalue weighted by Crippen LogP contribution is 2.69. The average molecular weight is 524 g/mol. The maximum Gasteiger partial charge on any atom is 0.257 e. The third-order valence-corrected chi connectivity index (χ3v) is 8.28. The van der Waals surface area contributed by atoms with E-state index in [-0.39, 0.29) is 47.0 Å². The van der Waals surface area contributed by atoms with Crippen molar-refractivity contribution in [2.24, 2.45) is 16.7 Å². The van der Waals surface area contributed by atoms with Crippen molar-refractivity contribution in [1.82, 2.24) is 4.90 Å². The van der Waals surface area contributed by atoms with Crippen molar-refractivity contribution < 1.29 is 19.1 Å². The van der Waals surface area contributed by atoms with Crippen LogP contribution in [0.15, 0.2) is 24.3 Å². The summed E-state index contributed by atoms with van der Waals surface area (Å²) in [6.45, 7) is 9.43. The van der Waals surface area contributed by atoms with Crippen molar-refractivity contribution in [1.29, 1.82) is 0 Å². The minimum atomic E-state index is -0.763. The Kier molecular flexibility index (Phi) is 5.50. The van der Waals surface area contributed by atoms with Gasteiger partial charge in [0, 0.05) is 22.6 Å². The van der Waals surface area contributed by atoms with Crippen molar-refractivity contribution in [3.05, 3.63) is 27.8 Å². The summed E-state index contributed by atoms with van der Waals surface area (Å²) in [7, 11) is 0. The molecule has 0 spiro atoms. The van der Waals surface area contributed by atoms with E-state index < -0.39 is 6.04 Å². The van der Waals surface area contributed by atoms with Crippen LogP contribution < -0.4 is 4.90 Å². The van der Waals surface area contributed by atoms with Crippen LogP contribution in [0.25, 0.3) is 0 Å². The second kappa shape index (κ2) is 7.58. The fourth-order valence-corrected chi connectivity index (χ4v) is 5.44. The van der Waals surface area contributed by atoms with Crippen LogP contribution in [0.3, 0.4) is 0 Å². The van der Waals surface area contributed by atoms with E-state index in [1.165, 1.54) is 4.90 Å². The molecule has 2 saturated heterocycles. The first-order valence-electron chi connectivity index (χ1n) is 10.6. The van der Waals surface area contributed by atoms with Gasteiger partial charge in [0.05, 0.1) is 18.2 Å². The molecule has 162 valence electrons. The summed E-state index contributed by atoms with van der Waals surface area (Å²) in [5, 5.41) is 0. The number of hydrogen-bond acceptors (Lipinski definition) is 4. The summed E-state index contributed by atoms with van der Waals surface area (Å²) in [5.41, 5.74) is 0.283. The first-order valence-corrected chi connectivity index (χ1v) is 11.7. The van der Waals surface area contributed by atoms with Crippen molar-refractivity contribution in [2.75, 3.05) is 18.1 Å². The van der Waals surface area contributed by atoms with Crippen molar-refractivity contribution in [2.45, 2.75) is 59.1 Å². The standard InChI is InChI=1S/C23H29IN2O4/c1-22(2)19(23(22,3)4)21(29)25(13-16-6-5-11-30-16)17-12-18(27)26(20(17)28)15-9-7-14(24)8-10-15/h7-10,16-17,19H,5-6,11-13H2,1-4H3. The number of hydrogen-bond donors (Lipinski definition) is 0. The van der Waals surface area contributed by atoms with E-state index in [9.17, 15) is 14.4 Å². The Morgan fingerprint density at radius 2 is 1.80 bits per heavy atom. The van der Waals surface area contributed by atoms with Crippen molar-refractivity contribution in [3.63, 3.8) is 0 Å². The summed E-state index contributed by atoms with van der Waals surface area (Å²) in [4.78, 5) is 42.7. The lowest BCUT2D eigenvalue weighted by Crippen LogP contribution is -2.49. The highest BCUT2D eigenvalue weighted by molar-refractivity contribution is 14.1. The van der Waals surface area contributed by atoms with E-state index in [4.69, 9.17) is 4.74 Å². The molecule has 0 radical (unpaired) electrons. The molecule has 0 N–H and O–H groups in total. The van der Waals surface area contributed by atoms with Gasteiger partial charge < -0.3 is 9.64 Å². The van der Waals surface area contributed by atoms with Gasteiger partial charge in [-0.15, -0.1) is 0 Å². The molecule has 4 rings (SSSR count).